The van der Waals surface area contributed by atoms with Crippen LogP contribution in [0.2, 0.25) is 0 Å². The average molecular weight is 356 g/mol. The van der Waals surface area contributed by atoms with E-state index >= 15 is 0 Å². The number of rotatable bonds is 10. The number of hydrogen-bond donors (Lipinski definition) is 2. The molecule has 26 heavy (non-hydrogen) atoms. The standard InChI is InChI=1S/C20H24N2O4/c1-25-17-8-5-9-18(15-17)26-13-12-22-19(23)10-11-21-20(24)14-16-6-3-2-4-7-16/h2-9,15H,10-14H2,1H3,(H,21,24)(H,22,23). The van der Waals surface area contributed by atoms with Crippen LogP contribution < -0.4 is 20.1 Å². The van der Waals surface area contributed by atoms with E-state index in [0.29, 0.717) is 31.9 Å². The minimum atomic E-state index is -0.126. The van der Waals surface area contributed by atoms with Crippen molar-refractivity contribution in [1.29, 1.82) is 0 Å². The third-order valence-corrected chi connectivity index (χ3v) is 3.62. The van der Waals surface area contributed by atoms with Gasteiger partial charge in [0.25, 0.3) is 0 Å². The molecule has 0 radical (unpaired) electrons. The number of nitrogens with one attached hydrogen (secondary N) is 2. The van der Waals surface area contributed by atoms with Crippen molar-refractivity contribution in [2.24, 2.45) is 0 Å². The van der Waals surface area contributed by atoms with E-state index in [1.165, 1.54) is 0 Å². The summed E-state index contributed by atoms with van der Waals surface area (Å²) in [5.41, 5.74) is 0.948. The van der Waals surface area contributed by atoms with Crippen LogP contribution in [-0.2, 0) is 16.0 Å². The molecule has 2 N–H and O–H groups in total. The molecule has 138 valence electrons. The zero-order valence-electron chi connectivity index (χ0n) is 14.9. The van der Waals surface area contributed by atoms with Crippen molar-refractivity contribution in [2.45, 2.75) is 12.8 Å². The maximum atomic E-state index is 11.8. The van der Waals surface area contributed by atoms with Gasteiger partial charge < -0.3 is 20.1 Å². The Kier molecular flexibility index (Phi) is 7.99. The largest absolute Gasteiger partial charge is 0.497 e. The van der Waals surface area contributed by atoms with Gasteiger partial charge in [0, 0.05) is 19.0 Å². The van der Waals surface area contributed by atoms with E-state index < -0.39 is 0 Å². The highest BCUT2D eigenvalue weighted by atomic mass is 16.5. The molecule has 0 fully saturated rings. The highest BCUT2D eigenvalue weighted by molar-refractivity contribution is 5.80. The van der Waals surface area contributed by atoms with Crippen molar-refractivity contribution >= 4 is 11.8 Å². The van der Waals surface area contributed by atoms with Gasteiger partial charge in [-0.3, -0.25) is 9.59 Å². The number of ether oxygens (including phenoxy) is 2. The predicted molar refractivity (Wildman–Crippen MR) is 99.3 cm³/mol. The van der Waals surface area contributed by atoms with Crippen molar-refractivity contribution in [3.8, 4) is 11.5 Å². The molecular formula is C20H24N2O4. The Morgan fingerprint density at radius 1 is 0.885 bits per heavy atom. The number of hydrogen-bond acceptors (Lipinski definition) is 4. The van der Waals surface area contributed by atoms with Gasteiger partial charge in [0.1, 0.15) is 18.1 Å². The van der Waals surface area contributed by atoms with Gasteiger partial charge in [-0.05, 0) is 17.7 Å². The maximum absolute atomic E-state index is 11.8. The number of amides is 2. The molecule has 6 nitrogen and oxygen atoms in total. The lowest BCUT2D eigenvalue weighted by Gasteiger charge is -2.09. The molecule has 6 heteroatoms. The van der Waals surface area contributed by atoms with Crippen molar-refractivity contribution in [3.63, 3.8) is 0 Å². The molecular weight excluding hydrogens is 332 g/mol. The maximum Gasteiger partial charge on any atom is 0.224 e. The topological polar surface area (TPSA) is 76.7 Å². The van der Waals surface area contributed by atoms with Gasteiger partial charge in [0.15, 0.2) is 0 Å². The van der Waals surface area contributed by atoms with Crippen molar-refractivity contribution < 1.29 is 19.1 Å². The van der Waals surface area contributed by atoms with E-state index in [1.54, 1.807) is 13.2 Å². The lowest BCUT2D eigenvalue weighted by Crippen LogP contribution is -2.33. The highest BCUT2D eigenvalue weighted by Gasteiger charge is 2.05. The summed E-state index contributed by atoms with van der Waals surface area (Å²) in [5, 5.41) is 5.50. The Labute approximate surface area is 153 Å². The van der Waals surface area contributed by atoms with E-state index in [9.17, 15) is 9.59 Å². The molecule has 2 aromatic rings. The molecule has 0 aromatic heterocycles. The fraction of sp³-hybridized carbons (Fsp3) is 0.300. The third kappa shape index (κ3) is 7.25. The Bertz CT molecular complexity index is 704. The van der Waals surface area contributed by atoms with Gasteiger partial charge >= 0.3 is 0 Å². The molecule has 0 unspecified atom stereocenters. The van der Waals surface area contributed by atoms with Gasteiger partial charge in [-0.15, -0.1) is 0 Å². The van der Waals surface area contributed by atoms with Crippen molar-refractivity contribution in [1.82, 2.24) is 10.6 Å². The number of carbonyl (C=O) groups excluding carboxylic acids is 2. The Morgan fingerprint density at radius 3 is 2.38 bits per heavy atom. The van der Waals surface area contributed by atoms with E-state index in [-0.39, 0.29) is 18.2 Å². The summed E-state index contributed by atoms with van der Waals surface area (Å²) in [5.74, 6) is 1.19. The van der Waals surface area contributed by atoms with Crippen molar-refractivity contribution in [3.05, 3.63) is 60.2 Å². The van der Waals surface area contributed by atoms with Crippen LogP contribution in [-0.4, -0.2) is 38.6 Å². The number of benzene rings is 2. The minimum absolute atomic E-state index is 0.0923. The van der Waals surface area contributed by atoms with Gasteiger partial charge in [-0.2, -0.15) is 0 Å². The molecule has 0 saturated heterocycles. The highest BCUT2D eigenvalue weighted by Crippen LogP contribution is 2.18. The molecule has 0 bridgehead atoms. The molecule has 2 rings (SSSR count). The van der Waals surface area contributed by atoms with Crippen LogP contribution in [0.4, 0.5) is 0 Å². The molecule has 0 aliphatic heterocycles. The summed E-state index contributed by atoms with van der Waals surface area (Å²) in [7, 11) is 1.60. The Morgan fingerprint density at radius 2 is 1.62 bits per heavy atom. The summed E-state index contributed by atoms with van der Waals surface area (Å²) >= 11 is 0. The lowest BCUT2D eigenvalue weighted by atomic mass is 10.1. The molecule has 0 saturated carbocycles. The third-order valence-electron chi connectivity index (χ3n) is 3.62. The molecule has 0 spiro atoms. The van der Waals surface area contributed by atoms with Gasteiger partial charge in [-0.1, -0.05) is 36.4 Å². The number of carbonyl (C=O) groups is 2. The first-order valence-electron chi connectivity index (χ1n) is 8.51. The van der Waals surface area contributed by atoms with Crippen molar-refractivity contribution in [2.75, 3.05) is 26.8 Å². The molecule has 0 heterocycles. The van der Waals surface area contributed by atoms with Crippen LogP contribution in [0.3, 0.4) is 0 Å². The SMILES string of the molecule is COc1cccc(OCCNC(=O)CCNC(=O)Cc2ccccc2)c1. The minimum Gasteiger partial charge on any atom is -0.497 e. The second kappa shape index (κ2) is 10.8. The predicted octanol–water partition coefficient (Wildman–Crippen LogP) is 1.94. The summed E-state index contributed by atoms with van der Waals surface area (Å²) in [6, 6.07) is 16.8. The van der Waals surface area contributed by atoms with Crippen LogP contribution >= 0.6 is 0 Å². The lowest BCUT2D eigenvalue weighted by molar-refractivity contribution is -0.122. The van der Waals surface area contributed by atoms with Crippen LogP contribution in [0, 0.1) is 0 Å². The van der Waals surface area contributed by atoms with Crippen LogP contribution in [0.1, 0.15) is 12.0 Å². The Hall–Kier alpha value is -3.02. The van der Waals surface area contributed by atoms with Crippen LogP contribution in [0.5, 0.6) is 11.5 Å². The first-order valence-corrected chi connectivity index (χ1v) is 8.51. The fourth-order valence-corrected chi connectivity index (χ4v) is 2.30. The molecule has 0 aliphatic rings. The van der Waals surface area contributed by atoms with Crippen LogP contribution in [0.25, 0.3) is 0 Å². The van der Waals surface area contributed by atoms with E-state index in [1.807, 2.05) is 48.5 Å². The molecule has 0 atom stereocenters. The zero-order valence-corrected chi connectivity index (χ0v) is 14.9. The van der Waals surface area contributed by atoms with E-state index in [4.69, 9.17) is 9.47 Å². The summed E-state index contributed by atoms with van der Waals surface area (Å²) < 4.78 is 10.7. The zero-order chi connectivity index (χ0) is 18.6. The van der Waals surface area contributed by atoms with Gasteiger partial charge in [0.2, 0.25) is 11.8 Å². The number of methoxy groups -OCH3 is 1. The molecule has 0 aliphatic carbocycles. The monoisotopic (exact) mass is 356 g/mol. The van der Waals surface area contributed by atoms with Gasteiger partial charge in [-0.25, -0.2) is 0 Å². The summed E-state index contributed by atoms with van der Waals surface area (Å²) in [6.45, 7) is 1.07. The first-order chi connectivity index (χ1) is 12.7. The van der Waals surface area contributed by atoms with Crippen LogP contribution in [0.15, 0.2) is 54.6 Å². The van der Waals surface area contributed by atoms with E-state index in [0.717, 1.165) is 11.3 Å². The summed E-state index contributed by atoms with van der Waals surface area (Å²) in [6.07, 6.45) is 0.552. The summed E-state index contributed by atoms with van der Waals surface area (Å²) in [4.78, 5) is 23.5. The Balaban J connectivity index is 1.55. The average Bonchev–Trinajstić information content (AvgIpc) is 2.66. The second-order valence-corrected chi connectivity index (χ2v) is 5.64. The molecule has 2 aromatic carbocycles. The quantitative estimate of drug-likeness (QED) is 0.638. The van der Waals surface area contributed by atoms with E-state index in [2.05, 4.69) is 10.6 Å². The smallest absolute Gasteiger partial charge is 0.224 e. The normalized spacial score (nSPS) is 10.0. The van der Waals surface area contributed by atoms with Gasteiger partial charge in [0.05, 0.1) is 20.1 Å². The second-order valence-electron chi connectivity index (χ2n) is 5.64. The first kappa shape index (κ1) is 19.3. The molecule has 2 amide bonds. The fourth-order valence-electron chi connectivity index (χ4n) is 2.30.